The lowest BCUT2D eigenvalue weighted by molar-refractivity contribution is 0.176. The standard InChI is InChI=1S/C15H14Cl2FNO/c1-9(19)15(11-4-2-3-5-13(11)18)20-14-8-10(16)6-7-12(14)17/h2-9,15H,19H2,1H3. The van der Waals surface area contributed by atoms with Gasteiger partial charge in [0.2, 0.25) is 0 Å². The molecule has 0 heterocycles. The van der Waals surface area contributed by atoms with Gasteiger partial charge in [-0.25, -0.2) is 4.39 Å². The second-order valence-corrected chi connectivity index (χ2v) is 5.34. The maximum Gasteiger partial charge on any atom is 0.141 e. The molecule has 2 rings (SSSR count). The fraction of sp³-hybridized carbons (Fsp3) is 0.200. The first-order valence-electron chi connectivity index (χ1n) is 6.10. The zero-order valence-electron chi connectivity index (χ0n) is 10.8. The van der Waals surface area contributed by atoms with Crippen LogP contribution in [0.2, 0.25) is 10.0 Å². The van der Waals surface area contributed by atoms with E-state index in [0.717, 1.165) is 0 Å². The van der Waals surface area contributed by atoms with Crippen LogP contribution in [0.1, 0.15) is 18.6 Å². The van der Waals surface area contributed by atoms with Crippen LogP contribution in [0.5, 0.6) is 5.75 Å². The quantitative estimate of drug-likeness (QED) is 0.895. The Labute approximate surface area is 127 Å². The minimum absolute atomic E-state index is 0.368. The molecular formula is C15H14Cl2FNO. The van der Waals surface area contributed by atoms with Crippen LogP contribution in [-0.4, -0.2) is 6.04 Å². The smallest absolute Gasteiger partial charge is 0.141 e. The summed E-state index contributed by atoms with van der Waals surface area (Å²) in [5.74, 6) is 0.0117. The van der Waals surface area contributed by atoms with Gasteiger partial charge in [0.05, 0.1) is 5.02 Å². The molecule has 20 heavy (non-hydrogen) atoms. The van der Waals surface area contributed by atoms with Crippen LogP contribution in [0.3, 0.4) is 0 Å². The van der Waals surface area contributed by atoms with Crippen molar-refractivity contribution < 1.29 is 9.13 Å². The van der Waals surface area contributed by atoms with Gasteiger partial charge in [-0.15, -0.1) is 0 Å². The van der Waals surface area contributed by atoms with Gasteiger partial charge in [-0.1, -0.05) is 41.4 Å². The van der Waals surface area contributed by atoms with E-state index in [2.05, 4.69) is 0 Å². The van der Waals surface area contributed by atoms with Crippen LogP contribution in [0.25, 0.3) is 0 Å². The Morgan fingerprint density at radius 3 is 2.50 bits per heavy atom. The second kappa shape index (κ2) is 6.44. The number of halogens is 3. The second-order valence-electron chi connectivity index (χ2n) is 4.49. The van der Waals surface area contributed by atoms with Crippen molar-refractivity contribution >= 4 is 23.2 Å². The summed E-state index contributed by atoms with van der Waals surface area (Å²) < 4.78 is 19.7. The molecule has 0 radical (unpaired) electrons. The van der Waals surface area contributed by atoms with E-state index in [0.29, 0.717) is 21.4 Å². The highest BCUT2D eigenvalue weighted by Crippen LogP contribution is 2.33. The molecule has 2 N–H and O–H groups in total. The highest BCUT2D eigenvalue weighted by atomic mass is 35.5. The summed E-state index contributed by atoms with van der Waals surface area (Å²) in [5.41, 5.74) is 6.29. The molecule has 0 amide bonds. The van der Waals surface area contributed by atoms with Crippen molar-refractivity contribution in [3.05, 3.63) is 63.9 Å². The fourth-order valence-corrected chi connectivity index (χ4v) is 2.19. The average molecular weight is 314 g/mol. The first-order valence-corrected chi connectivity index (χ1v) is 6.86. The third-order valence-corrected chi connectivity index (χ3v) is 3.38. The number of ether oxygens (including phenoxy) is 1. The number of rotatable bonds is 4. The molecule has 0 saturated carbocycles. The van der Waals surface area contributed by atoms with Crippen LogP contribution in [0.4, 0.5) is 4.39 Å². The van der Waals surface area contributed by atoms with Gasteiger partial charge in [0.15, 0.2) is 0 Å². The minimum Gasteiger partial charge on any atom is -0.482 e. The van der Waals surface area contributed by atoms with E-state index in [1.54, 1.807) is 43.3 Å². The summed E-state index contributed by atoms with van der Waals surface area (Å²) in [7, 11) is 0. The number of nitrogens with two attached hydrogens (primary N) is 1. The Morgan fingerprint density at radius 1 is 1.15 bits per heavy atom. The molecule has 0 aliphatic rings. The molecule has 5 heteroatoms. The van der Waals surface area contributed by atoms with Crippen molar-refractivity contribution in [2.45, 2.75) is 19.1 Å². The summed E-state index contributed by atoms with van der Waals surface area (Å²) in [6.45, 7) is 1.75. The predicted octanol–water partition coefficient (Wildman–Crippen LogP) is 4.60. The van der Waals surface area contributed by atoms with Crippen molar-refractivity contribution in [2.24, 2.45) is 5.73 Å². The maximum absolute atomic E-state index is 13.9. The SMILES string of the molecule is CC(N)C(Oc1cc(Cl)ccc1Cl)c1ccccc1F. The fourth-order valence-electron chi connectivity index (χ4n) is 1.86. The molecule has 0 aliphatic heterocycles. The summed E-state index contributed by atoms with van der Waals surface area (Å²) in [6.07, 6.45) is -0.646. The van der Waals surface area contributed by atoms with Gasteiger partial charge in [0.25, 0.3) is 0 Å². The Morgan fingerprint density at radius 2 is 1.85 bits per heavy atom. The van der Waals surface area contributed by atoms with E-state index in [9.17, 15) is 4.39 Å². The molecule has 0 bridgehead atoms. The minimum atomic E-state index is -0.646. The molecule has 2 atom stereocenters. The molecule has 2 nitrogen and oxygen atoms in total. The van der Waals surface area contributed by atoms with E-state index in [4.69, 9.17) is 33.7 Å². The Hall–Kier alpha value is -1.29. The van der Waals surface area contributed by atoms with Gasteiger partial charge in [-0.05, 0) is 25.1 Å². The number of hydrogen-bond acceptors (Lipinski definition) is 2. The normalized spacial score (nSPS) is 13.8. The van der Waals surface area contributed by atoms with E-state index in [1.165, 1.54) is 6.07 Å². The summed E-state index contributed by atoms with van der Waals surface area (Å²) in [6, 6.07) is 10.8. The van der Waals surface area contributed by atoms with Gasteiger partial charge in [-0.3, -0.25) is 0 Å². The van der Waals surface area contributed by atoms with Crippen molar-refractivity contribution in [1.82, 2.24) is 0 Å². The maximum atomic E-state index is 13.9. The molecule has 0 spiro atoms. The topological polar surface area (TPSA) is 35.2 Å². The zero-order chi connectivity index (χ0) is 14.7. The van der Waals surface area contributed by atoms with Gasteiger partial charge in [0.1, 0.15) is 17.7 Å². The van der Waals surface area contributed by atoms with Crippen LogP contribution in [0, 0.1) is 5.82 Å². The lowest BCUT2D eigenvalue weighted by Crippen LogP contribution is -2.29. The highest BCUT2D eigenvalue weighted by molar-refractivity contribution is 6.34. The van der Waals surface area contributed by atoms with E-state index in [1.807, 2.05) is 0 Å². The van der Waals surface area contributed by atoms with Crippen molar-refractivity contribution in [3.63, 3.8) is 0 Å². The van der Waals surface area contributed by atoms with Crippen molar-refractivity contribution in [3.8, 4) is 5.75 Å². The molecule has 2 unspecified atom stereocenters. The van der Waals surface area contributed by atoms with Crippen molar-refractivity contribution in [1.29, 1.82) is 0 Å². The van der Waals surface area contributed by atoms with Gasteiger partial charge >= 0.3 is 0 Å². The molecule has 0 aliphatic carbocycles. The predicted molar refractivity (Wildman–Crippen MR) is 79.9 cm³/mol. The Bertz CT molecular complexity index is 604. The largest absolute Gasteiger partial charge is 0.482 e. The van der Waals surface area contributed by atoms with Crippen LogP contribution in [-0.2, 0) is 0 Å². The molecule has 2 aromatic carbocycles. The molecule has 106 valence electrons. The number of hydrogen-bond donors (Lipinski definition) is 1. The van der Waals surface area contributed by atoms with Gasteiger partial charge < -0.3 is 10.5 Å². The van der Waals surface area contributed by atoms with E-state index in [-0.39, 0.29) is 5.82 Å². The third-order valence-electron chi connectivity index (χ3n) is 2.84. The first kappa shape index (κ1) is 15.1. The van der Waals surface area contributed by atoms with Crippen LogP contribution < -0.4 is 10.5 Å². The Kier molecular flexibility index (Phi) is 4.86. The first-order chi connectivity index (χ1) is 9.49. The van der Waals surface area contributed by atoms with Gasteiger partial charge in [0, 0.05) is 22.7 Å². The molecule has 0 aromatic heterocycles. The van der Waals surface area contributed by atoms with Crippen molar-refractivity contribution in [2.75, 3.05) is 0 Å². The Balaban J connectivity index is 2.36. The summed E-state index contributed by atoms with van der Waals surface area (Å²) in [5, 5.41) is 0.887. The molecule has 0 saturated heterocycles. The lowest BCUT2D eigenvalue weighted by atomic mass is 10.0. The van der Waals surface area contributed by atoms with Crippen LogP contribution in [0.15, 0.2) is 42.5 Å². The van der Waals surface area contributed by atoms with E-state index >= 15 is 0 Å². The van der Waals surface area contributed by atoms with Crippen LogP contribution >= 0.6 is 23.2 Å². The molecule has 0 fully saturated rings. The highest BCUT2D eigenvalue weighted by Gasteiger charge is 2.22. The van der Waals surface area contributed by atoms with E-state index < -0.39 is 12.1 Å². The zero-order valence-corrected chi connectivity index (χ0v) is 12.3. The number of benzene rings is 2. The lowest BCUT2D eigenvalue weighted by Gasteiger charge is -2.24. The van der Waals surface area contributed by atoms with Gasteiger partial charge in [-0.2, -0.15) is 0 Å². The third kappa shape index (κ3) is 3.42. The monoisotopic (exact) mass is 313 g/mol. The molecular weight excluding hydrogens is 300 g/mol. The summed E-state index contributed by atoms with van der Waals surface area (Å²) >= 11 is 12.0. The molecule has 2 aromatic rings. The summed E-state index contributed by atoms with van der Waals surface area (Å²) in [4.78, 5) is 0. The average Bonchev–Trinajstić information content (AvgIpc) is 2.40.